The van der Waals surface area contributed by atoms with Crippen molar-refractivity contribution in [1.82, 2.24) is 10.2 Å². The number of halogens is 1. The highest BCUT2D eigenvalue weighted by molar-refractivity contribution is 9.10. The van der Waals surface area contributed by atoms with E-state index in [1.165, 1.54) is 5.56 Å². The number of nitrogens with one attached hydrogen (secondary N) is 1. The van der Waals surface area contributed by atoms with E-state index >= 15 is 0 Å². The quantitative estimate of drug-likeness (QED) is 0.564. The van der Waals surface area contributed by atoms with Gasteiger partial charge in [-0.25, -0.2) is 0 Å². The fourth-order valence-corrected chi connectivity index (χ4v) is 3.55. The van der Waals surface area contributed by atoms with Gasteiger partial charge in [-0.2, -0.15) is 0 Å². The van der Waals surface area contributed by atoms with Gasteiger partial charge in [-0.15, -0.1) is 0 Å². The van der Waals surface area contributed by atoms with Crippen LogP contribution < -0.4 is 10.1 Å². The van der Waals surface area contributed by atoms with Crippen LogP contribution in [0.25, 0.3) is 0 Å². The molecule has 2 aromatic rings. The second kappa shape index (κ2) is 10.8. The Balaban J connectivity index is 2.14. The van der Waals surface area contributed by atoms with Crippen LogP contribution in [0.1, 0.15) is 52.7 Å². The van der Waals surface area contributed by atoms with E-state index in [9.17, 15) is 9.59 Å². The van der Waals surface area contributed by atoms with Gasteiger partial charge in [0.2, 0.25) is 5.91 Å². The van der Waals surface area contributed by atoms with Gasteiger partial charge < -0.3 is 15.0 Å². The van der Waals surface area contributed by atoms with Crippen molar-refractivity contribution in [2.24, 2.45) is 0 Å². The van der Waals surface area contributed by atoms with Crippen LogP contribution in [0.15, 0.2) is 53.0 Å². The van der Waals surface area contributed by atoms with E-state index < -0.39 is 6.04 Å². The summed E-state index contributed by atoms with van der Waals surface area (Å²) >= 11 is 3.46. The van der Waals surface area contributed by atoms with Crippen LogP contribution in [-0.2, 0) is 21.5 Å². The number of amides is 2. The maximum absolute atomic E-state index is 13.1. The average Bonchev–Trinajstić information content (AvgIpc) is 2.69. The zero-order valence-electron chi connectivity index (χ0n) is 19.2. The Morgan fingerprint density at radius 1 is 1.06 bits per heavy atom. The van der Waals surface area contributed by atoms with Gasteiger partial charge in [0.1, 0.15) is 11.8 Å². The third-order valence-electron chi connectivity index (χ3n) is 4.92. The van der Waals surface area contributed by atoms with E-state index in [1.54, 1.807) is 11.8 Å². The van der Waals surface area contributed by atoms with Crippen molar-refractivity contribution < 1.29 is 14.3 Å². The molecule has 2 rings (SSSR count). The Labute approximate surface area is 194 Å². The Morgan fingerprint density at radius 3 is 2.26 bits per heavy atom. The van der Waals surface area contributed by atoms with Crippen molar-refractivity contribution in [3.63, 3.8) is 0 Å². The number of ether oxygens (including phenoxy) is 1. The number of hydrogen-bond acceptors (Lipinski definition) is 3. The number of carbonyl (C=O) groups is 2. The van der Waals surface area contributed by atoms with Gasteiger partial charge >= 0.3 is 0 Å². The molecule has 0 saturated carbocycles. The molecule has 0 fully saturated rings. The first kappa shape index (κ1) is 24.9. The predicted molar refractivity (Wildman–Crippen MR) is 128 cm³/mol. The number of rotatable bonds is 8. The van der Waals surface area contributed by atoms with Gasteiger partial charge in [0.25, 0.3) is 5.91 Å². The first-order valence-electron chi connectivity index (χ1n) is 10.5. The lowest BCUT2D eigenvalue weighted by atomic mass is 9.87. The van der Waals surface area contributed by atoms with Gasteiger partial charge in [0.05, 0.1) is 0 Å². The molecule has 0 aliphatic heterocycles. The van der Waals surface area contributed by atoms with Gasteiger partial charge in [-0.3, -0.25) is 9.59 Å². The molecular formula is C25H33BrN2O3. The first-order chi connectivity index (χ1) is 14.5. The lowest BCUT2D eigenvalue weighted by Gasteiger charge is -2.29. The lowest BCUT2D eigenvalue weighted by molar-refractivity contribution is -0.142. The zero-order chi connectivity index (χ0) is 23.2. The van der Waals surface area contributed by atoms with Crippen LogP contribution >= 0.6 is 15.9 Å². The molecule has 1 N–H and O–H groups in total. The summed E-state index contributed by atoms with van der Waals surface area (Å²) in [6.07, 6.45) is 0. The molecule has 0 heterocycles. The minimum atomic E-state index is -0.624. The molecule has 0 bridgehead atoms. The summed E-state index contributed by atoms with van der Waals surface area (Å²) in [7, 11) is 0. The van der Waals surface area contributed by atoms with Gasteiger partial charge in [0, 0.05) is 17.1 Å². The molecule has 0 radical (unpaired) electrons. The fraction of sp³-hybridized carbons (Fsp3) is 0.440. The third kappa shape index (κ3) is 7.69. The first-order valence-corrected chi connectivity index (χ1v) is 11.3. The molecule has 6 heteroatoms. The van der Waals surface area contributed by atoms with Crippen molar-refractivity contribution in [1.29, 1.82) is 0 Å². The van der Waals surface area contributed by atoms with Crippen LogP contribution in [0, 0.1) is 0 Å². The molecule has 0 aliphatic rings. The van der Waals surface area contributed by atoms with Crippen molar-refractivity contribution >= 4 is 27.7 Å². The molecule has 0 spiro atoms. The average molecular weight is 489 g/mol. The zero-order valence-corrected chi connectivity index (χ0v) is 20.8. The van der Waals surface area contributed by atoms with Crippen LogP contribution in [0.4, 0.5) is 0 Å². The second-order valence-electron chi connectivity index (χ2n) is 9.05. The maximum Gasteiger partial charge on any atom is 0.261 e. The Hall–Kier alpha value is -2.34. The summed E-state index contributed by atoms with van der Waals surface area (Å²) in [5, 5.41) is 2.89. The van der Waals surface area contributed by atoms with Crippen molar-refractivity contribution in [3.05, 3.63) is 64.1 Å². The Morgan fingerprint density at radius 2 is 1.71 bits per heavy atom. The summed E-state index contributed by atoms with van der Waals surface area (Å²) in [4.78, 5) is 27.2. The third-order valence-corrected chi connectivity index (χ3v) is 5.42. The molecule has 0 aliphatic carbocycles. The van der Waals surface area contributed by atoms with Crippen LogP contribution in [-0.4, -0.2) is 35.4 Å². The summed E-state index contributed by atoms with van der Waals surface area (Å²) < 4.78 is 6.68. The molecule has 2 aromatic carbocycles. The topological polar surface area (TPSA) is 58.6 Å². The molecule has 0 saturated heterocycles. The molecule has 1 atom stereocenters. The largest absolute Gasteiger partial charge is 0.484 e. The van der Waals surface area contributed by atoms with Crippen molar-refractivity contribution in [3.8, 4) is 5.75 Å². The molecule has 0 aromatic heterocycles. The lowest BCUT2D eigenvalue weighted by Crippen LogP contribution is -2.50. The number of nitrogens with zero attached hydrogens (tertiary/aromatic N) is 1. The Bertz CT molecular complexity index is 888. The van der Waals surface area contributed by atoms with Crippen molar-refractivity contribution in [2.45, 2.75) is 65.6 Å². The molecule has 31 heavy (non-hydrogen) atoms. The van der Waals surface area contributed by atoms with E-state index in [1.807, 2.05) is 62.4 Å². The number of benzene rings is 2. The van der Waals surface area contributed by atoms with E-state index in [4.69, 9.17) is 4.74 Å². The number of carbonyl (C=O) groups excluding carboxylic acids is 2. The van der Waals surface area contributed by atoms with E-state index in [0.717, 1.165) is 10.0 Å². The maximum atomic E-state index is 13.1. The molecular weight excluding hydrogens is 456 g/mol. The van der Waals surface area contributed by atoms with Crippen LogP contribution in [0.5, 0.6) is 5.75 Å². The minimum absolute atomic E-state index is 0.00430. The predicted octanol–water partition coefficient (Wildman–Crippen LogP) is 5.07. The van der Waals surface area contributed by atoms with Crippen molar-refractivity contribution in [2.75, 3.05) is 6.61 Å². The van der Waals surface area contributed by atoms with Gasteiger partial charge in [-0.1, -0.05) is 61.0 Å². The monoisotopic (exact) mass is 488 g/mol. The summed E-state index contributed by atoms with van der Waals surface area (Å²) in [5.41, 5.74) is 2.18. The smallest absolute Gasteiger partial charge is 0.261 e. The summed E-state index contributed by atoms with van der Waals surface area (Å²) in [5.74, 6) is 0.196. The molecule has 0 unspecified atom stereocenters. The van der Waals surface area contributed by atoms with Crippen LogP contribution in [0.3, 0.4) is 0 Å². The number of hydrogen-bond donors (Lipinski definition) is 1. The van der Waals surface area contributed by atoms with Gasteiger partial charge in [0.15, 0.2) is 6.61 Å². The van der Waals surface area contributed by atoms with E-state index in [-0.39, 0.29) is 29.9 Å². The minimum Gasteiger partial charge on any atom is -0.484 e. The summed E-state index contributed by atoms with van der Waals surface area (Å²) in [6, 6.07) is 14.9. The highest BCUT2D eigenvalue weighted by Crippen LogP contribution is 2.24. The van der Waals surface area contributed by atoms with Gasteiger partial charge in [-0.05, 0) is 61.6 Å². The molecule has 2 amide bonds. The van der Waals surface area contributed by atoms with E-state index in [2.05, 4.69) is 42.0 Å². The fourth-order valence-electron chi connectivity index (χ4n) is 3.10. The molecule has 168 valence electrons. The molecule has 5 nitrogen and oxygen atoms in total. The standard InChI is InChI=1S/C25H33BrN2O3/c1-17(2)27-24(30)18(3)28(15-19-8-7-9-21(26)14-19)23(29)16-31-22-12-10-20(11-13-22)25(4,5)6/h7-14,17-18H,15-16H2,1-6H3,(H,27,30)/t18-/m1/s1. The Kier molecular flexibility index (Phi) is 8.69. The normalized spacial score (nSPS) is 12.4. The SMILES string of the molecule is CC(C)NC(=O)[C@@H](C)N(Cc1cccc(Br)c1)C(=O)COc1ccc(C(C)(C)C)cc1. The second-order valence-corrected chi connectivity index (χ2v) is 9.97. The van der Waals surface area contributed by atoms with E-state index in [0.29, 0.717) is 12.3 Å². The highest BCUT2D eigenvalue weighted by atomic mass is 79.9. The van der Waals surface area contributed by atoms with Crippen LogP contribution in [0.2, 0.25) is 0 Å². The summed E-state index contributed by atoms with van der Waals surface area (Å²) in [6.45, 7) is 12.2. The highest BCUT2D eigenvalue weighted by Gasteiger charge is 2.27.